The second kappa shape index (κ2) is 8.24. The van der Waals surface area contributed by atoms with Gasteiger partial charge in [-0.3, -0.25) is 19.4 Å². The van der Waals surface area contributed by atoms with Crippen molar-refractivity contribution in [2.45, 2.75) is 19.8 Å². The molecule has 0 saturated carbocycles. The maximum atomic E-state index is 13.1. The van der Waals surface area contributed by atoms with Gasteiger partial charge >= 0.3 is 5.69 Å². The number of hydrogen-bond acceptors (Lipinski definition) is 4. The van der Waals surface area contributed by atoms with Crippen molar-refractivity contribution in [3.63, 3.8) is 0 Å². The number of likely N-dealkylation sites (N-methyl/N-ethyl adjacent to an activating group) is 1. The Labute approximate surface area is 148 Å². The Morgan fingerprint density at radius 3 is 2.62 bits per heavy atom. The highest BCUT2D eigenvalue weighted by molar-refractivity contribution is 5.94. The molecule has 138 valence electrons. The van der Waals surface area contributed by atoms with Gasteiger partial charge in [0, 0.05) is 30.4 Å². The number of H-pyrrole nitrogens is 2. The molecule has 26 heavy (non-hydrogen) atoms. The van der Waals surface area contributed by atoms with Crippen molar-refractivity contribution in [2.24, 2.45) is 0 Å². The fourth-order valence-corrected chi connectivity index (χ4v) is 2.42. The lowest BCUT2D eigenvalue weighted by Gasteiger charge is -2.17. The van der Waals surface area contributed by atoms with Crippen LogP contribution in [0.1, 0.15) is 17.7 Å². The molecule has 9 heteroatoms. The summed E-state index contributed by atoms with van der Waals surface area (Å²) in [6, 6.07) is 5.43. The lowest BCUT2D eigenvalue weighted by molar-refractivity contribution is -0.133. The van der Waals surface area contributed by atoms with Crippen LogP contribution >= 0.6 is 0 Å². The number of hydrogen-bond donors (Lipinski definition) is 3. The zero-order valence-corrected chi connectivity index (χ0v) is 14.4. The van der Waals surface area contributed by atoms with E-state index >= 15 is 0 Å². The lowest BCUT2D eigenvalue weighted by Crippen LogP contribution is -2.35. The molecule has 1 aromatic carbocycles. The summed E-state index contributed by atoms with van der Waals surface area (Å²) in [5.74, 6) is -1.29. The van der Waals surface area contributed by atoms with Crippen LogP contribution in [-0.4, -0.2) is 40.3 Å². The number of aromatic nitrogens is 2. The van der Waals surface area contributed by atoms with Crippen molar-refractivity contribution in [2.75, 3.05) is 18.9 Å². The van der Waals surface area contributed by atoms with Crippen molar-refractivity contribution < 1.29 is 14.0 Å². The number of anilines is 1. The topological polar surface area (TPSA) is 115 Å². The van der Waals surface area contributed by atoms with E-state index in [0.717, 1.165) is 0 Å². The van der Waals surface area contributed by atoms with E-state index in [0.29, 0.717) is 16.9 Å². The van der Waals surface area contributed by atoms with Crippen molar-refractivity contribution in [1.29, 1.82) is 0 Å². The Morgan fingerprint density at radius 2 is 1.96 bits per heavy atom. The molecule has 0 aliphatic rings. The molecule has 3 N–H and O–H groups in total. The van der Waals surface area contributed by atoms with Crippen LogP contribution in [0.5, 0.6) is 0 Å². The van der Waals surface area contributed by atoms with Gasteiger partial charge in [-0.25, -0.2) is 9.18 Å². The minimum absolute atomic E-state index is 0.000289. The quantitative estimate of drug-likeness (QED) is 0.696. The normalized spacial score (nSPS) is 10.4. The van der Waals surface area contributed by atoms with Gasteiger partial charge in [0.05, 0.1) is 6.54 Å². The Bertz CT molecular complexity index is 935. The number of carbonyl (C=O) groups excluding carboxylic acids is 2. The summed E-state index contributed by atoms with van der Waals surface area (Å²) >= 11 is 0. The molecule has 1 heterocycles. The number of nitrogens with zero attached hydrogens (tertiary/aromatic N) is 1. The van der Waals surface area contributed by atoms with Gasteiger partial charge in [-0.05, 0) is 31.5 Å². The van der Waals surface area contributed by atoms with E-state index in [1.807, 2.05) is 0 Å². The molecule has 1 aromatic heterocycles. The molecule has 0 saturated heterocycles. The van der Waals surface area contributed by atoms with Crippen LogP contribution in [0.4, 0.5) is 10.1 Å². The molecule has 0 radical (unpaired) electrons. The van der Waals surface area contributed by atoms with Crippen molar-refractivity contribution in [3.8, 4) is 0 Å². The fourth-order valence-electron chi connectivity index (χ4n) is 2.42. The highest BCUT2D eigenvalue weighted by atomic mass is 19.1. The first kappa shape index (κ1) is 19.1. The Morgan fingerprint density at radius 1 is 1.23 bits per heavy atom. The molecule has 0 bridgehead atoms. The smallest absolute Gasteiger partial charge is 0.325 e. The second-order valence-electron chi connectivity index (χ2n) is 5.82. The third-order valence-corrected chi connectivity index (χ3v) is 3.76. The molecule has 0 fully saturated rings. The van der Waals surface area contributed by atoms with E-state index in [9.17, 15) is 23.6 Å². The van der Waals surface area contributed by atoms with Crippen LogP contribution in [-0.2, 0) is 16.0 Å². The molecule has 0 unspecified atom stereocenters. The third-order valence-electron chi connectivity index (χ3n) is 3.76. The standard InChI is InChI=1S/C17H19FN4O4/c1-10-13(16(25)21-17(26)19-10)6-7-15(24)22(2)9-14(23)20-12-5-3-4-11(18)8-12/h3-5,8H,6-7,9H2,1-2H3,(H,20,23)(H2,19,21,25,26). The van der Waals surface area contributed by atoms with Crippen LogP contribution in [0, 0.1) is 12.7 Å². The SMILES string of the molecule is Cc1[nH]c(=O)[nH]c(=O)c1CCC(=O)N(C)CC(=O)Nc1cccc(F)c1. The molecule has 8 nitrogen and oxygen atoms in total. The zero-order chi connectivity index (χ0) is 19.3. The lowest BCUT2D eigenvalue weighted by atomic mass is 10.1. The maximum absolute atomic E-state index is 13.1. The van der Waals surface area contributed by atoms with E-state index < -0.39 is 23.0 Å². The van der Waals surface area contributed by atoms with Crippen molar-refractivity contribution in [3.05, 3.63) is 62.2 Å². The van der Waals surface area contributed by atoms with Crippen LogP contribution < -0.4 is 16.6 Å². The number of rotatable bonds is 6. The highest BCUT2D eigenvalue weighted by Gasteiger charge is 2.15. The molecule has 2 amide bonds. The molecule has 0 spiro atoms. The number of halogens is 1. The number of aryl methyl sites for hydroxylation is 1. The monoisotopic (exact) mass is 362 g/mol. The summed E-state index contributed by atoms with van der Waals surface area (Å²) in [6.45, 7) is 1.36. The number of carbonyl (C=O) groups is 2. The van der Waals surface area contributed by atoms with Crippen LogP contribution in [0.25, 0.3) is 0 Å². The average Bonchev–Trinajstić information content (AvgIpc) is 2.53. The van der Waals surface area contributed by atoms with Gasteiger partial charge in [-0.15, -0.1) is 0 Å². The van der Waals surface area contributed by atoms with Gasteiger partial charge < -0.3 is 15.2 Å². The van der Waals surface area contributed by atoms with Crippen LogP contribution in [0.15, 0.2) is 33.9 Å². The van der Waals surface area contributed by atoms with Gasteiger partial charge in [0.15, 0.2) is 0 Å². The van der Waals surface area contributed by atoms with Crippen molar-refractivity contribution in [1.82, 2.24) is 14.9 Å². The molecule has 2 aromatic rings. The minimum atomic E-state index is -0.603. The molecular weight excluding hydrogens is 343 g/mol. The first-order valence-electron chi connectivity index (χ1n) is 7.87. The van der Waals surface area contributed by atoms with E-state index in [2.05, 4.69) is 15.3 Å². The van der Waals surface area contributed by atoms with Gasteiger partial charge in [-0.1, -0.05) is 6.07 Å². The molecule has 0 atom stereocenters. The molecular formula is C17H19FN4O4. The van der Waals surface area contributed by atoms with E-state index in [1.165, 1.54) is 36.2 Å². The third kappa shape index (κ3) is 5.13. The number of benzene rings is 1. The largest absolute Gasteiger partial charge is 0.336 e. The second-order valence-corrected chi connectivity index (χ2v) is 5.82. The number of nitrogens with one attached hydrogen (secondary N) is 3. The van der Waals surface area contributed by atoms with Crippen LogP contribution in [0.2, 0.25) is 0 Å². The van der Waals surface area contributed by atoms with Gasteiger partial charge in [-0.2, -0.15) is 0 Å². The summed E-state index contributed by atoms with van der Waals surface area (Å²) in [4.78, 5) is 52.8. The highest BCUT2D eigenvalue weighted by Crippen LogP contribution is 2.09. The predicted molar refractivity (Wildman–Crippen MR) is 93.4 cm³/mol. The van der Waals surface area contributed by atoms with E-state index in [1.54, 1.807) is 6.92 Å². The first-order valence-corrected chi connectivity index (χ1v) is 7.87. The van der Waals surface area contributed by atoms with E-state index in [4.69, 9.17) is 0 Å². The average molecular weight is 362 g/mol. The van der Waals surface area contributed by atoms with Gasteiger partial charge in [0.1, 0.15) is 5.82 Å². The van der Waals surface area contributed by atoms with Gasteiger partial charge in [0.2, 0.25) is 11.8 Å². The molecule has 0 aliphatic heterocycles. The Kier molecular flexibility index (Phi) is 6.05. The summed E-state index contributed by atoms with van der Waals surface area (Å²) < 4.78 is 13.1. The molecule has 2 rings (SSSR count). The Hall–Kier alpha value is -3.23. The van der Waals surface area contributed by atoms with E-state index in [-0.39, 0.29) is 25.3 Å². The molecule has 0 aliphatic carbocycles. The van der Waals surface area contributed by atoms with Crippen molar-refractivity contribution >= 4 is 17.5 Å². The number of amides is 2. The minimum Gasteiger partial charge on any atom is -0.336 e. The predicted octanol–water partition coefficient (Wildman–Crippen LogP) is 0.540. The number of aromatic amines is 2. The first-order chi connectivity index (χ1) is 12.3. The summed E-state index contributed by atoms with van der Waals surface area (Å²) in [6.07, 6.45) is 0.131. The maximum Gasteiger partial charge on any atom is 0.325 e. The summed E-state index contributed by atoms with van der Waals surface area (Å²) in [5.41, 5.74) is -0.126. The fraction of sp³-hybridized carbons (Fsp3) is 0.294. The zero-order valence-electron chi connectivity index (χ0n) is 14.4. The van der Waals surface area contributed by atoms with Crippen LogP contribution in [0.3, 0.4) is 0 Å². The summed E-state index contributed by atoms with van der Waals surface area (Å²) in [7, 11) is 1.46. The summed E-state index contributed by atoms with van der Waals surface area (Å²) in [5, 5.41) is 2.50. The van der Waals surface area contributed by atoms with Gasteiger partial charge in [0.25, 0.3) is 5.56 Å². The Balaban J connectivity index is 1.90.